The van der Waals surface area contributed by atoms with Crippen molar-refractivity contribution in [3.05, 3.63) is 40.8 Å². The van der Waals surface area contributed by atoms with Gasteiger partial charge < -0.3 is 15.2 Å². The molecule has 0 aliphatic carbocycles. The Hall–Kier alpha value is -2.61. The van der Waals surface area contributed by atoms with E-state index in [1.54, 1.807) is 0 Å². The lowest BCUT2D eigenvalue weighted by atomic mass is 10.3. The second-order valence-corrected chi connectivity index (χ2v) is 4.29. The summed E-state index contributed by atoms with van der Waals surface area (Å²) in [5.41, 5.74) is -0.159. The number of nitrogens with one attached hydrogen (secondary N) is 2. The number of hydrogen-bond acceptors (Lipinski definition) is 4. The summed E-state index contributed by atoms with van der Waals surface area (Å²) in [6.07, 6.45) is 0. The minimum atomic E-state index is -1.20. The van der Waals surface area contributed by atoms with Gasteiger partial charge in [-0.25, -0.2) is 9.18 Å². The van der Waals surface area contributed by atoms with E-state index in [1.807, 2.05) is 0 Å². The molecular formula is C12H9ClFN3O4. The maximum Gasteiger partial charge on any atom is 0.353 e. The molecule has 9 heteroatoms. The predicted octanol–water partition coefficient (Wildman–Crippen LogP) is 1.92. The van der Waals surface area contributed by atoms with Gasteiger partial charge in [-0.3, -0.25) is 9.89 Å². The number of anilines is 1. The number of nitrogens with zero attached hydrogens (tertiary/aromatic N) is 1. The summed E-state index contributed by atoms with van der Waals surface area (Å²) < 4.78 is 17.9. The van der Waals surface area contributed by atoms with Crippen LogP contribution in [-0.2, 0) is 4.79 Å². The standard InChI is InChI=1S/C12H9ClFN3O4/c13-7-3-6(14)1-2-9(7)21-5-11(18)15-10-4-8(12(19)20)16-17-10/h1-4H,5H2,(H,19,20)(H2,15,16,17,18). The van der Waals surface area contributed by atoms with Crippen LogP contribution in [0.3, 0.4) is 0 Å². The minimum Gasteiger partial charge on any atom is -0.482 e. The quantitative estimate of drug-likeness (QED) is 0.782. The number of carbonyl (C=O) groups excluding carboxylic acids is 1. The SMILES string of the molecule is O=C(COc1ccc(F)cc1Cl)Nc1cc(C(=O)O)[nH]n1. The summed E-state index contributed by atoms with van der Waals surface area (Å²) in [4.78, 5) is 22.2. The third kappa shape index (κ3) is 3.93. The van der Waals surface area contributed by atoms with E-state index in [9.17, 15) is 14.0 Å². The van der Waals surface area contributed by atoms with Gasteiger partial charge >= 0.3 is 5.97 Å². The normalized spacial score (nSPS) is 10.2. The zero-order chi connectivity index (χ0) is 15.4. The van der Waals surface area contributed by atoms with Crippen LogP contribution in [0.5, 0.6) is 5.75 Å². The van der Waals surface area contributed by atoms with Gasteiger partial charge in [-0.2, -0.15) is 5.10 Å². The van der Waals surface area contributed by atoms with E-state index in [0.717, 1.165) is 18.2 Å². The highest BCUT2D eigenvalue weighted by Crippen LogP contribution is 2.24. The van der Waals surface area contributed by atoms with Crippen LogP contribution < -0.4 is 10.1 Å². The molecule has 1 heterocycles. The Morgan fingerprint density at radius 3 is 2.81 bits per heavy atom. The van der Waals surface area contributed by atoms with Gasteiger partial charge in [0.2, 0.25) is 0 Å². The molecule has 0 fully saturated rings. The van der Waals surface area contributed by atoms with Crippen LogP contribution >= 0.6 is 11.6 Å². The fraction of sp³-hybridized carbons (Fsp3) is 0.0833. The first kappa shape index (κ1) is 14.8. The number of aromatic amines is 1. The van der Waals surface area contributed by atoms with E-state index < -0.39 is 17.7 Å². The number of ether oxygens (including phenoxy) is 1. The molecule has 1 aromatic carbocycles. The number of aromatic nitrogens is 2. The van der Waals surface area contributed by atoms with Crippen molar-refractivity contribution in [1.29, 1.82) is 0 Å². The Labute approximate surface area is 122 Å². The van der Waals surface area contributed by atoms with E-state index in [1.165, 1.54) is 6.07 Å². The number of carbonyl (C=O) groups is 2. The highest BCUT2D eigenvalue weighted by Gasteiger charge is 2.11. The highest BCUT2D eigenvalue weighted by atomic mass is 35.5. The maximum atomic E-state index is 12.8. The number of hydrogen-bond donors (Lipinski definition) is 3. The molecule has 3 N–H and O–H groups in total. The number of benzene rings is 1. The predicted molar refractivity (Wildman–Crippen MR) is 71.1 cm³/mol. The van der Waals surface area contributed by atoms with Crippen molar-refractivity contribution >= 4 is 29.3 Å². The van der Waals surface area contributed by atoms with Crippen LogP contribution in [0.2, 0.25) is 5.02 Å². The van der Waals surface area contributed by atoms with Gasteiger partial charge in [-0.1, -0.05) is 11.6 Å². The lowest BCUT2D eigenvalue weighted by Gasteiger charge is -2.07. The van der Waals surface area contributed by atoms with Crippen LogP contribution in [0.4, 0.5) is 10.2 Å². The van der Waals surface area contributed by atoms with E-state index >= 15 is 0 Å². The third-order valence-electron chi connectivity index (χ3n) is 2.33. The highest BCUT2D eigenvalue weighted by molar-refractivity contribution is 6.32. The van der Waals surface area contributed by atoms with Crippen molar-refractivity contribution in [1.82, 2.24) is 10.2 Å². The van der Waals surface area contributed by atoms with Gasteiger partial charge in [0.25, 0.3) is 5.91 Å². The van der Waals surface area contributed by atoms with Crippen LogP contribution in [-0.4, -0.2) is 33.8 Å². The molecule has 0 spiro atoms. The smallest absolute Gasteiger partial charge is 0.353 e. The third-order valence-corrected chi connectivity index (χ3v) is 2.62. The fourth-order valence-electron chi connectivity index (χ4n) is 1.41. The minimum absolute atomic E-state index is 0.0377. The second-order valence-electron chi connectivity index (χ2n) is 3.88. The van der Waals surface area contributed by atoms with Gasteiger partial charge in [0, 0.05) is 6.07 Å². The van der Waals surface area contributed by atoms with Crippen molar-refractivity contribution < 1.29 is 23.8 Å². The van der Waals surface area contributed by atoms with Crippen molar-refractivity contribution in [3.8, 4) is 5.75 Å². The Balaban J connectivity index is 1.91. The summed E-state index contributed by atoms with van der Waals surface area (Å²) in [5.74, 6) is -2.08. The van der Waals surface area contributed by atoms with Gasteiger partial charge in [0.1, 0.15) is 17.3 Å². The molecule has 0 aliphatic rings. The number of aromatic carboxylic acids is 1. The van der Waals surface area contributed by atoms with Crippen molar-refractivity contribution in [2.24, 2.45) is 0 Å². The molecule has 0 aliphatic heterocycles. The van der Waals surface area contributed by atoms with Gasteiger partial charge in [-0.05, 0) is 18.2 Å². The Kier molecular flexibility index (Phi) is 4.39. The molecule has 110 valence electrons. The first-order valence-corrected chi connectivity index (χ1v) is 6.00. The van der Waals surface area contributed by atoms with Crippen molar-refractivity contribution in [3.63, 3.8) is 0 Å². The van der Waals surface area contributed by atoms with E-state index in [2.05, 4.69) is 15.5 Å². The van der Waals surface area contributed by atoms with Crippen molar-refractivity contribution in [2.75, 3.05) is 11.9 Å². The van der Waals surface area contributed by atoms with Crippen LogP contribution in [0.15, 0.2) is 24.3 Å². The van der Waals surface area contributed by atoms with Crippen LogP contribution in [0, 0.1) is 5.82 Å². The first-order chi connectivity index (χ1) is 9.95. The topological polar surface area (TPSA) is 104 Å². The van der Waals surface area contributed by atoms with Crippen molar-refractivity contribution in [2.45, 2.75) is 0 Å². The fourth-order valence-corrected chi connectivity index (χ4v) is 1.63. The zero-order valence-corrected chi connectivity index (χ0v) is 11.1. The molecule has 1 aromatic heterocycles. The number of amides is 1. The largest absolute Gasteiger partial charge is 0.482 e. The Bertz CT molecular complexity index is 689. The molecule has 0 radical (unpaired) electrons. The number of H-pyrrole nitrogens is 1. The molecule has 21 heavy (non-hydrogen) atoms. The van der Waals surface area contributed by atoms with E-state index in [0.29, 0.717) is 0 Å². The molecule has 1 amide bonds. The van der Waals surface area contributed by atoms with Gasteiger partial charge in [0.05, 0.1) is 5.02 Å². The average Bonchev–Trinajstić information content (AvgIpc) is 2.86. The van der Waals surface area contributed by atoms with Gasteiger partial charge in [0.15, 0.2) is 12.4 Å². The number of carboxylic acid groups (broad SMARTS) is 1. The second kappa shape index (κ2) is 6.23. The molecule has 2 rings (SSSR count). The molecule has 2 aromatic rings. The summed E-state index contributed by atoms with van der Waals surface area (Å²) in [5, 5.41) is 16.9. The van der Waals surface area contributed by atoms with Crippen LogP contribution in [0.25, 0.3) is 0 Å². The zero-order valence-electron chi connectivity index (χ0n) is 10.4. The molecule has 0 saturated carbocycles. The van der Waals surface area contributed by atoms with Gasteiger partial charge in [-0.15, -0.1) is 0 Å². The molecule has 0 unspecified atom stereocenters. The molecule has 7 nitrogen and oxygen atoms in total. The first-order valence-electron chi connectivity index (χ1n) is 5.62. The average molecular weight is 314 g/mol. The Morgan fingerprint density at radius 1 is 1.43 bits per heavy atom. The molecule has 0 saturated heterocycles. The molecule has 0 atom stereocenters. The summed E-state index contributed by atoms with van der Waals surface area (Å²) >= 11 is 5.73. The van der Waals surface area contributed by atoms with E-state index in [-0.39, 0.29) is 28.9 Å². The lowest BCUT2D eigenvalue weighted by Crippen LogP contribution is -2.20. The number of carboxylic acids is 1. The summed E-state index contributed by atoms with van der Waals surface area (Å²) in [7, 11) is 0. The lowest BCUT2D eigenvalue weighted by molar-refractivity contribution is -0.118. The number of rotatable bonds is 5. The van der Waals surface area contributed by atoms with Crippen LogP contribution in [0.1, 0.15) is 10.5 Å². The summed E-state index contributed by atoms with van der Waals surface area (Å²) in [6, 6.07) is 4.65. The Morgan fingerprint density at radius 2 is 2.19 bits per heavy atom. The molecule has 0 bridgehead atoms. The monoisotopic (exact) mass is 313 g/mol. The van der Waals surface area contributed by atoms with E-state index in [4.69, 9.17) is 21.4 Å². The summed E-state index contributed by atoms with van der Waals surface area (Å²) in [6.45, 7) is -0.388. The molecular weight excluding hydrogens is 305 g/mol. The number of halogens is 2. The maximum absolute atomic E-state index is 12.8.